The molecule has 0 aliphatic heterocycles. The molecule has 0 aliphatic rings. The Morgan fingerprint density at radius 3 is 1.93 bits per heavy atom. The molecule has 0 bridgehead atoms. The third kappa shape index (κ3) is 2.60. The van der Waals surface area contributed by atoms with Crippen molar-refractivity contribution in [3.63, 3.8) is 0 Å². The van der Waals surface area contributed by atoms with Gasteiger partial charge in [0.05, 0.1) is 0 Å². The molecule has 2 nitrogen and oxygen atoms in total. The Balaban J connectivity index is 0.00000169. The Morgan fingerprint density at radius 2 is 1.57 bits per heavy atom. The molecule has 0 amide bonds. The van der Waals surface area contributed by atoms with Crippen molar-refractivity contribution in [3.05, 3.63) is 35.1 Å². The van der Waals surface area contributed by atoms with E-state index in [1.807, 2.05) is 0 Å². The highest BCUT2D eigenvalue weighted by molar-refractivity contribution is 5.85. The van der Waals surface area contributed by atoms with E-state index in [1.165, 1.54) is 0 Å². The zero-order valence-corrected chi connectivity index (χ0v) is 7.95. The lowest BCUT2D eigenvalue weighted by molar-refractivity contribution is 0.504. The van der Waals surface area contributed by atoms with Crippen LogP contribution in [0.2, 0.25) is 0 Å². The van der Waals surface area contributed by atoms with E-state index in [0.717, 1.165) is 0 Å². The average molecular weight is 227 g/mol. The Labute approximate surface area is 85.5 Å². The minimum atomic E-state index is -1.00. The first-order chi connectivity index (χ1) is 6.06. The fourth-order valence-corrected chi connectivity index (χ4v) is 1.03. The number of halogens is 4. The van der Waals surface area contributed by atoms with Gasteiger partial charge in [0, 0.05) is 30.3 Å². The molecule has 1 aromatic rings. The van der Waals surface area contributed by atoms with Crippen LogP contribution in [0.25, 0.3) is 0 Å². The molecule has 14 heavy (non-hydrogen) atoms. The molecule has 0 radical (unpaired) electrons. The van der Waals surface area contributed by atoms with Gasteiger partial charge in [0.15, 0.2) is 0 Å². The summed E-state index contributed by atoms with van der Waals surface area (Å²) in [6.45, 7) is -0.0977. The molecule has 0 spiro atoms. The number of hydrogen-bond donors (Lipinski definition) is 2. The SMILES string of the molecule is Cl.NC[C@@H](N)c1c(F)cc(F)cc1F. The van der Waals surface area contributed by atoms with Crippen LogP contribution in [0.5, 0.6) is 0 Å². The molecule has 0 aromatic heterocycles. The summed E-state index contributed by atoms with van der Waals surface area (Å²) in [5, 5.41) is 0. The summed E-state index contributed by atoms with van der Waals surface area (Å²) >= 11 is 0. The summed E-state index contributed by atoms with van der Waals surface area (Å²) in [6.07, 6.45) is 0. The van der Waals surface area contributed by atoms with Gasteiger partial charge in [-0.1, -0.05) is 0 Å². The highest BCUT2D eigenvalue weighted by Crippen LogP contribution is 2.19. The molecule has 80 valence electrons. The summed E-state index contributed by atoms with van der Waals surface area (Å²) in [4.78, 5) is 0. The molecular weight excluding hydrogens is 217 g/mol. The van der Waals surface area contributed by atoms with Crippen molar-refractivity contribution in [2.75, 3.05) is 6.54 Å². The zero-order chi connectivity index (χ0) is 10.0. The second-order valence-corrected chi connectivity index (χ2v) is 2.63. The van der Waals surface area contributed by atoms with Crippen molar-refractivity contribution in [2.45, 2.75) is 6.04 Å². The molecule has 6 heteroatoms. The van der Waals surface area contributed by atoms with Crippen molar-refractivity contribution < 1.29 is 13.2 Å². The van der Waals surface area contributed by atoms with Crippen LogP contribution in [-0.4, -0.2) is 6.54 Å². The summed E-state index contributed by atoms with van der Waals surface area (Å²) < 4.78 is 38.3. The standard InChI is InChI=1S/C8H9F3N2.ClH/c9-4-1-5(10)8(6(11)2-4)7(13)3-12;/h1-2,7H,3,12-13H2;1H/t7-;/m1./s1. The molecule has 1 atom stereocenters. The quantitative estimate of drug-likeness (QED) is 0.803. The first-order valence-electron chi connectivity index (χ1n) is 3.66. The third-order valence-electron chi connectivity index (χ3n) is 1.67. The van der Waals surface area contributed by atoms with Gasteiger partial charge >= 0.3 is 0 Å². The third-order valence-corrected chi connectivity index (χ3v) is 1.67. The van der Waals surface area contributed by atoms with Crippen LogP contribution in [0.1, 0.15) is 11.6 Å². The van der Waals surface area contributed by atoms with E-state index in [2.05, 4.69) is 0 Å². The van der Waals surface area contributed by atoms with Crippen LogP contribution < -0.4 is 11.5 Å². The van der Waals surface area contributed by atoms with Gasteiger partial charge in [-0.3, -0.25) is 0 Å². The Bertz CT molecular complexity index is 296. The van der Waals surface area contributed by atoms with Gasteiger partial charge in [0.1, 0.15) is 17.5 Å². The van der Waals surface area contributed by atoms with Gasteiger partial charge < -0.3 is 11.5 Å². The molecule has 4 N–H and O–H groups in total. The zero-order valence-electron chi connectivity index (χ0n) is 7.14. The van der Waals surface area contributed by atoms with E-state index in [-0.39, 0.29) is 24.5 Å². The lowest BCUT2D eigenvalue weighted by Gasteiger charge is -2.11. The molecule has 0 saturated heterocycles. The molecular formula is C8H10ClF3N2. The molecule has 0 heterocycles. The number of benzene rings is 1. The smallest absolute Gasteiger partial charge is 0.133 e. The Hall–Kier alpha value is -0.780. The molecule has 0 aliphatic carbocycles. The molecule has 0 unspecified atom stereocenters. The van der Waals surface area contributed by atoms with Crippen molar-refractivity contribution in [2.24, 2.45) is 11.5 Å². The van der Waals surface area contributed by atoms with Crippen molar-refractivity contribution in [1.29, 1.82) is 0 Å². The Kier molecular flexibility index (Phi) is 4.90. The van der Waals surface area contributed by atoms with Crippen LogP contribution in [-0.2, 0) is 0 Å². The van der Waals surface area contributed by atoms with Crippen molar-refractivity contribution >= 4 is 12.4 Å². The normalized spacial score (nSPS) is 12.1. The number of nitrogens with two attached hydrogens (primary N) is 2. The van der Waals surface area contributed by atoms with Gasteiger partial charge in [0.25, 0.3) is 0 Å². The van der Waals surface area contributed by atoms with E-state index in [1.54, 1.807) is 0 Å². The Morgan fingerprint density at radius 1 is 1.14 bits per heavy atom. The average Bonchev–Trinajstić information content (AvgIpc) is 2.02. The predicted octanol–water partition coefficient (Wildman–Crippen LogP) is 1.48. The topological polar surface area (TPSA) is 52.0 Å². The maximum absolute atomic E-state index is 12.9. The fraction of sp³-hybridized carbons (Fsp3) is 0.250. The van der Waals surface area contributed by atoms with E-state index < -0.39 is 23.5 Å². The summed E-state index contributed by atoms with van der Waals surface area (Å²) in [5.41, 5.74) is 10.1. The predicted molar refractivity (Wildman–Crippen MR) is 49.5 cm³/mol. The largest absolute Gasteiger partial charge is 0.329 e. The highest BCUT2D eigenvalue weighted by Gasteiger charge is 2.16. The molecule has 1 aromatic carbocycles. The van der Waals surface area contributed by atoms with Crippen LogP contribution >= 0.6 is 12.4 Å². The maximum Gasteiger partial charge on any atom is 0.133 e. The van der Waals surface area contributed by atoms with E-state index in [9.17, 15) is 13.2 Å². The van der Waals surface area contributed by atoms with E-state index >= 15 is 0 Å². The minimum absolute atomic E-state index is 0. The monoisotopic (exact) mass is 226 g/mol. The highest BCUT2D eigenvalue weighted by atomic mass is 35.5. The summed E-state index contributed by atoms with van der Waals surface area (Å²) in [6, 6.07) is 0.211. The lowest BCUT2D eigenvalue weighted by Crippen LogP contribution is -2.23. The van der Waals surface area contributed by atoms with Gasteiger partial charge in [-0.15, -0.1) is 12.4 Å². The minimum Gasteiger partial charge on any atom is -0.329 e. The number of rotatable bonds is 2. The molecule has 0 saturated carbocycles. The van der Waals surface area contributed by atoms with Gasteiger partial charge in [-0.2, -0.15) is 0 Å². The van der Waals surface area contributed by atoms with Gasteiger partial charge in [-0.05, 0) is 0 Å². The van der Waals surface area contributed by atoms with E-state index in [4.69, 9.17) is 11.5 Å². The number of hydrogen-bond acceptors (Lipinski definition) is 2. The van der Waals surface area contributed by atoms with Crippen LogP contribution in [0.4, 0.5) is 13.2 Å². The van der Waals surface area contributed by atoms with Crippen LogP contribution in [0, 0.1) is 17.5 Å². The summed E-state index contributed by atoms with van der Waals surface area (Å²) in [7, 11) is 0. The second-order valence-electron chi connectivity index (χ2n) is 2.63. The molecule has 0 fully saturated rings. The first kappa shape index (κ1) is 13.2. The van der Waals surface area contributed by atoms with Crippen LogP contribution in [0.15, 0.2) is 12.1 Å². The van der Waals surface area contributed by atoms with Gasteiger partial charge in [0.2, 0.25) is 0 Å². The lowest BCUT2D eigenvalue weighted by atomic mass is 10.1. The first-order valence-corrected chi connectivity index (χ1v) is 3.66. The van der Waals surface area contributed by atoms with Crippen LogP contribution in [0.3, 0.4) is 0 Å². The maximum atomic E-state index is 12.9. The second kappa shape index (κ2) is 5.19. The van der Waals surface area contributed by atoms with Crippen molar-refractivity contribution in [1.82, 2.24) is 0 Å². The molecule has 1 rings (SSSR count). The van der Waals surface area contributed by atoms with Gasteiger partial charge in [-0.25, -0.2) is 13.2 Å². The van der Waals surface area contributed by atoms with E-state index in [0.29, 0.717) is 12.1 Å². The fourth-order valence-electron chi connectivity index (χ4n) is 1.03. The summed E-state index contributed by atoms with van der Waals surface area (Å²) in [5.74, 6) is -2.98. The van der Waals surface area contributed by atoms with Crippen molar-refractivity contribution in [3.8, 4) is 0 Å².